The molecule has 1 atom stereocenters. The third-order valence-electron chi connectivity index (χ3n) is 3.97. The summed E-state index contributed by atoms with van der Waals surface area (Å²) >= 11 is 1.54. The average molecular weight is 319 g/mol. The monoisotopic (exact) mass is 319 g/mol. The second-order valence-corrected chi connectivity index (χ2v) is 6.76. The number of thioether (sulfide) groups is 1. The third kappa shape index (κ3) is 3.11. The molecule has 2 aromatic rings. The molecule has 1 aliphatic rings. The van der Waals surface area contributed by atoms with E-state index in [1.54, 1.807) is 23.9 Å². The molecule has 22 heavy (non-hydrogen) atoms. The van der Waals surface area contributed by atoms with E-state index in [1.807, 2.05) is 17.7 Å². The number of nitrogens with zero attached hydrogens (tertiary/aromatic N) is 5. The van der Waals surface area contributed by atoms with Crippen LogP contribution in [0.5, 0.6) is 0 Å². The molecule has 116 valence electrons. The van der Waals surface area contributed by atoms with Crippen LogP contribution in [-0.2, 0) is 0 Å². The zero-order valence-electron chi connectivity index (χ0n) is 12.3. The van der Waals surface area contributed by atoms with Crippen molar-refractivity contribution in [1.29, 1.82) is 0 Å². The van der Waals surface area contributed by atoms with E-state index in [-0.39, 0.29) is 15.9 Å². The number of nitro benzene ring substituents is 1. The second-order valence-electron chi connectivity index (χ2n) is 5.46. The Morgan fingerprint density at radius 2 is 2.18 bits per heavy atom. The van der Waals surface area contributed by atoms with Crippen molar-refractivity contribution in [3.8, 4) is 0 Å². The minimum atomic E-state index is -0.372. The number of hydrogen-bond acceptors (Lipinski definition) is 6. The first-order valence-electron chi connectivity index (χ1n) is 7.34. The van der Waals surface area contributed by atoms with Gasteiger partial charge in [0.25, 0.3) is 5.69 Å². The number of nitro groups is 1. The van der Waals surface area contributed by atoms with Crippen LogP contribution in [0.15, 0.2) is 29.4 Å². The maximum absolute atomic E-state index is 10.9. The summed E-state index contributed by atoms with van der Waals surface area (Å²) < 4.78 is 1.91. The van der Waals surface area contributed by atoms with E-state index < -0.39 is 0 Å². The Morgan fingerprint density at radius 3 is 2.91 bits per heavy atom. The smallest absolute Gasteiger partial charge is 0.258 e. The number of non-ortho nitro benzene ring substituents is 1. The van der Waals surface area contributed by atoms with Crippen molar-refractivity contribution in [3.63, 3.8) is 0 Å². The Bertz CT molecular complexity index is 669. The van der Waals surface area contributed by atoms with Crippen LogP contribution in [0.3, 0.4) is 0 Å². The SMILES string of the molecule is C[C@H](Sc1nnnn1C1CCCC1)c1cccc([N+](=O)[O-])c1. The van der Waals surface area contributed by atoms with Crippen LogP contribution >= 0.6 is 11.8 Å². The summed E-state index contributed by atoms with van der Waals surface area (Å²) in [4.78, 5) is 10.5. The van der Waals surface area contributed by atoms with Crippen LogP contribution in [-0.4, -0.2) is 25.1 Å². The van der Waals surface area contributed by atoms with Crippen molar-refractivity contribution in [2.24, 2.45) is 0 Å². The number of benzene rings is 1. The van der Waals surface area contributed by atoms with Gasteiger partial charge in [-0.2, -0.15) is 0 Å². The van der Waals surface area contributed by atoms with E-state index in [4.69, 9.17) is 0 Å². The molecule has 1 saturated carbocycles. The summed E-state index contributed by atoms with van der Waals surface area (Å²) in [7, 11) is 0. The summed E-state index contributed by atoms with van der Waals surface area (Å²) in [5, 5.41) is 23.7. The molecule has 0 amide bonds. The lowest BCUT2D eigenvalue weighted by Gasteiger charge is -2.14. The van der Waals surface area contributed by atoms with Gasteiger partial charge in [0, 0.05) is 17.4 Å². The van der Waals surface area contributed by atoms with Gasteiger partial charge in [-0.3, -0.25) is 10.1 Å². The van der Waals surface area contributed by atoms with Crippen LogP contribution in [0.4, 0.5) is 5.69 Å². The lowest BCUT2D eigenvalue weighted by Crippen LogP contribution is -2.08. The molecule has 0 radical (unpaired) electrons. The van der Waals surface area contributed by atoms with Gasteiger partial charge in [-0.15, -0.1) is 5.10 Å². The lowest BCUT2D eigenvalue weighted by atomic mass is 10.1. The molecule has 0 spiro atoms. The van der Waals surface area contributed by atoms with Crippen LogP contribution in [0.2, 0.25) is 0 Å². The molecule has 0 aliphatic heterocycles. The highest BCUT2D eigenvalue weighted by Gasteiger charge is 2.23. The van der Waals surface area contributed by atoms with Gasteiger partial charge in [0.2, 0.25) is 5.16 Å². The molecule has 7 nitrogen and oxygen atoms in total. The van der Waals surface area contributed by atoms with E-state index in [0.29, 0.717) is 6.04 Å². The van der Waals surface area contributed by atoms with Gasteiger partial charge in [-0.25, -0.2) is 4.68 Å². The van der Waals surface area contributed by atoms with E-state index >= 15 is 0 Å². The highest BCUT2D eigenvalue weighted by atomic mass is 32.2. The fourth-order valence-corrected chi connectivity index (χ4v) is 3.73. The molecule has 0 unspecified atom stereocenters. The molecule has 1 heterocycles. The maximum atomic E-state index is 10.9. The standard InChI is InChI=1S/C14H17N5O2S/c1-10(11-5-4-8-13(9-11)19(20)21)22-14-15-16-17-18(14)12-6-2-3-7-12/h4-5,8-10,12H,2-3,6-7H2,1H3/t10-/m0/s1. The molecule has 1 aliphatic carbocycles. The quantitative estimate of drug-likeness (QED) is 0.476. The zero-order valence-corrected chi connectivity index (χ0v) is 13.1. The second kappa shape index (κ2) is 6.43. The summed E-state index contributed by atoms with van der Waals surface area (Å²) in [6.45, 7) is 2.01. The zero-order chi connectivity index (χ0) is 15.5. The summed E-state index contributed by atoms with van der Waals surface area (Å²) in [5.41, 5.74) is 1.01. The normalized spacial score (nSPS) is 16.8. The fraction of sp³-hybridized carbons (Fsp3) is 0.500. The average Bonchev–Trinajstić information content (AvgIpc) is 3.18. The highest BCUT2D eigenvalue weighted by Crippen LogP contribution is 2.37. The number of tetrazole rings is 1. The van der Waals surface area contributed by atoms with E-state index in [0.717, 1.165) is 23.6 Å². The summed E-state index contributed by atoms with van der Waals surface area (Å²) in [6, 6.07) is 7.11. The Labute approximate surface area is 132 Å². The minimum Gasteiger partial charge on any atom is -0.258 e. The molecular weight excluding hydrogens is 302 g/mol. The molecule has 0 bridgehead atoms. The molecule has 1 aromatic heterocycles. The molecule has 8 heteroatoms. The first-order chi connectivity index (χ1) is 10.6. The Balaban J connectivity index is 1.77. The number of hydrogen-bond donors (Lipinski definition) is 0. The molecule has 0 saturated heterocycles. The molecule has 1 aromatic carbocycles. The van der Waals surface area contributed by atoms with E-state index in [1.165, 1.54) is 18.9 Å². The predicted molar refractivity (Wildman–Crippen MR) is 82.7 cm³/mol. The van der Waals surface area contributed by atoms with Gasteiger partial charge in [0.1, 0.15) is 0 Å². The van der Waals surface area contributed by atoms with Crippen molar-refractivity contribution in [2.45, 2.75) is 49.1 Å². The van der Waals surface area contributed by atoms with Gasteiger partial charge in [0.05, 0.1) is 11.0 Å². The van der Waals surface area contributed by atoms with Crippen molar-refractivity contribution in [1.82, 2.24) is 20.2 Å². The van der Waals surface area contributed by atoms with Gasteiger partial charge in [0.15, 0.2) is 0 Å². The Hall–Kier alpha value is -1.96. The van der Waals surface area contributed by atoms with Crippen LogP contribution in [0, 0.1) is 10.1 Å². The summed E-state index contributed by atoms with van der Waals surface area (Å²) in [6.07, 6.45) is 4.66. The van der Waals surface area contributed by atoms with Gasteiger partial charge in [-0.1, -0.05) is 36.7 Å². The fourth-order valence-electron chi connectivity index (χ4n) is 2.76. The molecule has 3 rings (SSSR count). The van der Waals surface area contributed by atoms with Crippen LogP contribution in [0.25, 0.3) is 0 Å². The van der Waals surface area contributed by atoms with Crippen LogP contribution < -0.4 is 0 Å². The van der Waals surface area contributed by atoms with E-state index in [2.05, 4.69) is 15.5 Å². The van der Waals surface area contributed by atoms with Gasteiger partial charge in [-0.05, 0) is 35.8 Å². The largest absolute Gasteiger partial charge is 0.269 e. The van der Waals surface area contributed by atoms with Gasteiger partial charge < -0.3 is 0 Å². The van der Waals surface area contributed by atoms with E-state index in [9.17, 15) is 10.1 Å². The molecule has 1 fully saturated rings. The maximum Gasteiger partial charge on any atom is 0.269 e. The predicted octanol–water partition coefficient (Wildman–Crippen LogP) is 3.55. The Kier molecular flexibility index (Phi) is 4.37. The Morgan fingerprint density at radius 1 is 1.41 bits per heavy atom. The first-order valence-corrected chi connectivity index (χ1v) is 8.22. The third-order valence-corrected chi connectivity index (χ3v) is 5.07. The topological polar surface area (TPSA) is 86.7 Å². The highest BCUT2D eigenvalue weighted by molar-refractivity contribution is 7.99. The molecule has 0 N–H and O–H groups in total. The number of aromatic nitrogens is 4. The van der Waals surface area contributed by atoms with Crippen LogP contribution in [0.1, 0.15) is 49.5 Å². The van der Waals surface area contributed by atoms with Gasteiger partial charge >= 0.3 is 0 Å². The summed E-state index contributed by atoms with van der Waals surface area (Å²) in [5.74, 6) is 0. The minimum absolute atomic E-state index is 0.0473. The first kappa shape index (κ1) is 15.0. The van der Waals surface area contributed by atoms with Crippen molar-refractivity contribution >= 4 is 17.4 Å². The number of rotatable bonds is 5. The van der Waals surface area contributed by atoms with Crippen molar-refractivity contribution < 1.29 is 4.92 Å². The van der Waals surface area contributed by atoms with Crippen molar-refractivity contribution in [3.05, 3.63) is 39.9 Å². The lowest BCUT2D eigenvalue weighted by molar-refractivity contribution is -0.384. The van der Waals surface area contributed by atoms with Crippen molar-refractivity contribution in [2.75, 3.05) is 0 Å². The molecular formula is C14H17N5O2S.